The first-order valence-corrected chi connectivity index (χ1v) is 9.41. The fraction of sp³-hybridized carbons (Fsp3) is 0.389. The Morgan fingerprint density at radius 2 is 2.00 bits per heavy atom. The highest BCUT2D eigenvalue weighted by Gasteiger charge is 2.27. The van der Waals surface area contributed by atoms with Crippen LogP contribution in [0.3, 0.4) is 0 Å². The number of carbonyl (C=O) groups is 2. The van der Waals surface area contributed by atoms with E-state index in [1.807, 2.05) is 11.5 Å². The van der Waals surface area contributed by atoms with Crippen LogP contribution in [0, 0.1) is 0 Å². The number of anilines is 1. The van der Waals surface area contributed by atoms with Crippen molar-refractivity contribution in [1.29, 1.82) is 0 Å². The summed E-state index contributed by atoms with van der Waals surface area (Å²) in [6, 6.07) is 4.87. The number of nitrogens with one attached hydrogen (secondary N) is 2. The summed E-state index contributed by atoms with van der Waals surface area (Å²) in [7, 11) is 0. The lowest BCUT2D eigenvalue weighted by atomic mass is 10.1. The summed E-state index contributed by atoms with van der Waals surface area (Å²) >= 11 is 11.9. The molecule has 1 aliphatic rings. The molecule has 26 heavy (non-hydrogen) atoms. The first kappa shape index (κ1) is 18.7. The van der Waals surface area contributed by atoms with Crippen LogP contribution < -0.4 is 10.6 Å². The summed E-state index contributed by atoms with van der Waals surface area (Å²) < 4.78 is 1.86. The van der Waals surface area contributed by atoms with Crippen molar-refractivity contribution < 1.29 is 9.59 Å². The van der Waals surface area contributed by atoms with E-state index in [2.05, 4.69) is 15.6 Å². The third-order valence-corrected chi connectivity index (χ3v) is 4.99. The highest BCUT2D eigenvalue weighted by Crippen LogP contribution is 2.26. The van der Waals surface area contributed by atoms with E-state index < -0.39 is 0 Å². The maximum absolute atomic E-state index is 12.7. The standard InChI is InChI=1S/C18H20Cl2N4O2/c1-2-8-21-18(26)16-23-15(14-5-3-4-9-24(14)16)17(25)22-11-6-7-12(19)13(20)10-11/h6-7,10H,2-5,8-9H2,1H3,(H,21,26)(H,22,25). The van der Waals surface area contributed by atoms with Gasteiger partial charge >= 0.3 is 0 Å². The normalized spacial score (nSPS) is 13.2. The number of benzene rings is 1. The van der Waals surface area contributed by atoms with Crippen molar-refractivity contribution in [2.24, 2.45) is 0 Å². The van der Waals surface area contributed by atoms with E-state index in [1.54, 1.807) is 18.2 Å². The van der Waals surface area contributed by atoms with E-state index in [-0.39, 0.29) is 17.5 Å². The SMILES string of the molecule is CCCNC(=O)c1nc(C(=O)Nc2ccc(Cl)c(Cl)c2)c2n1CCCC2. The van der Waals surface area contributed by atoms with Crippen molar-refractivity contribution in [3.63, 3.8) is 0 Å². The van der Waals surface area contributed by atoms with Crippen LogP contribution in [0.25, 0.3) is 0 Å². The van der Waals surface area contributed by atoms with E-state index in [0.717, 1.165) is 31.4 Å². The molecule has 0 fully saturated rings. The van der Waals surface area contributed by atoms with Gasteiger partial charge < -0.3 is 15.2 Å². The predicted octanol–water partition coefficient (Wildman–Crippen LogP) is 3.92. The average molecular weight is 395 g/mol. The highest BCUT2D eigenvalue weighted by molar-refractivity contribution is 6.42. The van der Waals surface area contributed by atoms with Gasteiger partial charge in [-0.1, -0.05) is 30.1 Å². The zero-order valence-electron chi connectivity index (χ0n) is 14.4. The number of fused-ring (bicyclic) bond motifs is 1. The highest BCUT2D eigenvalue weighted by atomic mass is 35.5. The Hall–Kier alpha value is -2.05. The molecule has 138 valence electrons. The maximum Gasteiger partial charge on any atom is 0.287 e. The summed E-state index contributed by atoms with van der Waals surface area (Å²) in [4.78, 5) is 29.5. The van der Waals surface area contributed by atoms with Crippen LogP contribution in [0.1, 0.15) is 53.0 Å². The molecule has 2 heterocycles. The van der Waals surface area contributed by atoms with E-state index in [4.69, 9.17) is 23.2 Å². The van der Waals surface area contributed by atoms with Crippen LogP contribution in [-0.2, 0) is 13.0 Å². The van der Waals surface area contributed by atoms with Crippen molar-refractivity contribution in [1.82, 2.24) is 14.9 Å². The first-order chi connectivity index (χ1) is 12.5. The van der Waals surface area contributed by atoms with E-state index in [0.29, 0.717) is 34.6 Å². The third kappa shape index (κ3) is 3.86. The van der Waals surface area contributed by atoms with Gasteiger partial charge in [0.15, 0.2) is 11.5 Å². The number of imidazole rings is 1. The average Bonchev–Trinajstić information content (AvgIpc) is 3.03. The molecule has 0 saturated carbocycles. The third-order valence-electron chi connectivity index (χ3n) is 4.25. The summed E-state index contributed by atoms with van der Waals surface area (Å²) in [5.74, 6) is -0.306. The van der Waals surface area contributed by atoms with Gasteiger partial charge in [-0.2, -0.15) is 0 Å². The molecule has 6 nitrogen and oxygen atoms in total. The number of nitrogens with zero attached hydrogens (tertiary/aromatic N) is 2. The van der Waals surface area contributed by atoms with Gasteiger partial charge in [-0.3, -0.25) is 9.59 Å². The second kappa shape index (κ2) is 8.10. The van der Waals surface area contributed by atoms with Crippen molar-refractivity contribution >= 4 is 40.7 Å². The van der Waals surface area contributed by atoms with Gasteiger partial charge in [0.2, 0.25) is 0 Å². The van der Waals surface area contributed by atoms with E-state index in [9.17, 15) is 9.59 Å². The molecule has 2 amide bonds. The van der Waals surface area contributed by atoms with Crippen molar-refractivity contribution in [2.75, 3.05) is 11.9 Å². The van der Waals surface area contributed by atoms with Gasteiger partial charge in [-0.15, -0.1) is 0 Å². The maximum atomic E-state index is 12.7. The van der Waals surface area contributed by atoms with Gasteiger partial charge in [-0.25, -0.2) is 4.98 Å². The van der Waals surface area contributed by atoms with Crippen LogP contribution in [0.4, 0.5) is 5.69 Å². The summed E-state index contributed by atoms with van der Waals surface area (Å²) in [6.45, 7) is 3.25. The molecule has 3 rings (SSSR count). The van der Waals surface area contributed by atoms with Crippen LogP contribution in [0.2, 0.25) is 10.0 Å². The van der Waals surface area contributed by atoms with Gasteiger partial charge in [0.25, 0.3) is 11.8 Å². The molecule has 0 radical (unpaired) electrons. The first-order valence-electron chi connectivity index (χ1n) is 8.65. The number of hydrogen-bond acceptors (Lipinski definition) is 3. The predicted molar refractivity (Wildman–Crippen MR) is 102 cm³/mol. The summed E-state index contributed by atoms with van der Waals surface area (Å²) in [5.41, 5.74) is 1.62. The number of hydrogen-bond donors (Lipinski definition) is 2. The Labute approximate surface area is 161 Å². The molecule has 8 heteroatoms. The molecule has 0 bridgehead atoms. The molecule has 1 aromatic carbocycles. The quantitative estimate of drug-likeness (QED) is 0.806. The van der Waals surface area contributed by atoms with Gasteiger partial charge in [-0.05, 0) is 43.9 Å². The fourth-order valence-electron chi connectivity index (χ4n) is 2.98. The fourth-order valence-corrected chi connectivity index (χ4v) is 3.28. The Kier molecular flexibility index (Phi) is 5.84. The van der Waals surface area contributed by atoms with Crippen LogP contribution in [-0.4, -0.2) is 27.9 Å². The number of aromatic nitrogens is 2. The molecule has 0 aliphatic carbocycles. The zero-order chi connectivity index (χ0) is 18.7. The molecule has 0 unspecified atom stereocenters. The number of amides is 2. The van der Waals surface area contributed by atoms with Crippen molar-refractivity contribution in [2.45, 2.75) is 39.2 Å². The van der Waals surface area contributed by atoms with Gasteiger partial charge in [0.1, 0.15) is 0 Å². The van der Waals surface area contributed by atoms with Gasteiger partial charge in [0, 0.05) is 18.8 Å². The second-order valence-corrected chi connectivity index (χ2v) is 6.99. The Balaban J connectivity index is 1.88. The molecule has 1 aliphatic heterocycles. The number of halogens is 2. The Morgan fingerprint density at radius 1 is 1.19 bits per heavy atom. The molecule has 1 aromatic heterocycles. The molecular weight excluding hydrogens is 375 g/mol. The molecule has 0 spiro atoms. The minimum absolute atomic E-state index is 0.247. The van der Waals surface area contributed by atoms with Crippen LogP contribution in [0.5, 0.6) is 0 Å². The second-order valence-electron chi connectivity index (χ2n) is 6.18. The van der Waals surface area contributed by atoms with Crippen molar-refractivity contribution in [3.05, 3.63) is 45.5 Å². The minimum Gasteiger partial charge on any atom is -0.349 e. The lowest BCUT2D eigenvalue weighted by Gasteiger charge is -2.17. The lowest BCUT2D eigenvalue weighted by molar-refractivity contribution is 0.0937. The minimum atomic E-state index is -0.358. The van der Waals surface area contributed by atoms with Crippen LogP contribution >= 0.6 is 23.2 Å². The zero-order valence-corrected chi connectivity index (χ0v) is 16.0. The van der Waals surface area contributed by atoms with Crippen molar-refractivity contribution in [3.8, 4) is 0 Å². The summed E-state index contributed by atoms with van der Waals surface area (Å²) in [6.07, 6.45) is 3.49. The molecular formula is C18H20Cl2N4O2. The molecule has 0 atom stereocenters. The number of carbonyl (C=O) groups excluding carboxylic acids is 2. The molecule has 2 aromatic rings. The topological polar surface area (TPSA) is 76.0 Å². The molecule has 2 N–H and O–H groups in total. The van der Waals surface area contributed by atoms with Gasteiger partial charge in [0.05, 0.1) is 15.7 Å². The van der Waals surface area contributed by atoms with E-state index in [1.165, 1.54) is 0 Å². The monoisotopic (exact) mass is 394 g/mol. The van der Waals surface area contributed by atoms with E-state index >= 15 is 0 Å². The van der Waals surface area contributed by atoms with Crippen LogP contribution in [0.15, 0.2) is 18.2 Å². The lowest BCUT2D eigenvalue weighted by Crippen LogP contribution is -2.28. The Bertz CT molecular complexity index is 848. The summed E-state index contributed by atoms with van der Waals surface area (Å²) in [5, 5.41) is 6.38. The number of rotatable bonds is 5. The smallest absolute Gasteiger partial charge is 0.287 e. The largest absolute Gasteiger partial charge is 0.349 e. The molecule has 0 saturated heterocycles. The Morgan fingerprint density at radius 3 is 2.73 bits per heavy atom.